The zero-order valence-corrected chi connectivity index (χ0v) is 8.14. The molecule has 1 aliphatic carbocycles. The van der Waals surface area contributed by atoms with E-state index in [2.05, 4.69) is 16.6 Å². The molecule has 3 nitrogen and oxygen atoms in total. The molecule has 1 saturated carbocycles. The van der Waals surface area contributed by atoms with Crippen molar-refractivity contribution < 1.29 is 9.53 Å². The predicted octanol–water partition coefficient (Wildman–Crippen LogP) is 1.25. The van der Waals surface area contributed by atoms with Crippen LogP contribution >= 0.6 is 0 Å². The Morgan fingerprint density at radius 2 is 2.15 bits per heavy atom. The summed E-state index contributed by atoms with van der Waals surface area (Å²) in [6.07, 6.45) is 5.02. The second-order valence-corrected chi connectivity index (χ2v) is 3.46. The molecular weight excluding hydrogens is 166 g/mol. The van der Waals surface area contributed by atoms with Crippen molar-refractivity contribution in [3.8, 4) is 0 Å². The number of carbonyl (C=O) groups is 1. The van der Waals surface area contributed by atoms with Gasteiger partial charge in [0, 0.05) is 18.2 Å². The molecule has 0 aromatic rings. The Morgan fingerprint density at radius 1 is 1.54 bits per heavy atom. The van der Waals surface area contributed by atoms with Gasteiger partial charge in [-0.1, -0.05) is 19.4 Å². The monoisotopic (exact) mass is 183 g/mol. The molecule has 0 aliphatic heterocycles. The van der Waals surface area contributed by atoms with Crippen LogP contribution in [0.1, 0.15) is 25.7 Å². The Morgan fingerprint density at radius 3 is 2.69 bits per heavy atom. The predicted molar refractivity (Wildman–Crippen MR) is 51.4 cm³/mol. The van der Waals surface area contributed by atoms with Crippen molar-refractivity contribution in [3.63, 3.8) is 0 Å². The van der Waals surface area contributed by atoms with Crippen molar-refractivity contribution in [2.45, 2.75) is 31.7 Å². The molecule has 0 spiro atoms. The van der Waals surface area contributed by atoms with Crippen molar-refractivity contribution >= 4 is 5.97 Å². The Hall–Kier alpha value is -0.830. The summed E-state index contributed by atoms with van der Waals surface area (Å²) in [5.74, 6) is -0.314. The highest BCUT2D eigenvalue weighted by atomic mass is 16.5. The van der Waals surface area contributed by atoms with Gasteiger partial charge in [0.05, 0.1) is 7.11 Å². The van der Waals surface area contributed by atoms with Crippen molar-refractivity contribution in [3.05, 3.63) is 12.2 Å². The lowest BCUT2D eigenvalue weighted by atomic mass is 10.2. The quantitative estimate of drug-likeness (QED) is 0.526. The number of nitrogens with one attached hydrogen (secondary N) is 1. The normalized spacial score (nSPS) is 17.3. The summed E-state index contributed by atoms with van der Waals surface area (Å²) in [4.78, 5) is 11.0. The van der Waals surface area contributed by atoms with E-state index in [1.54, 1.807) is 0 Å². The lowest BCUT2D eigenvalue weighted by molar-refractivity contribution is -0.136. The molecule has 1 N–H and O–H groups in total. The van der Waals surface area contributed by atoms with Gasteiger partial charge < -0.3 is 10.1 Å². The lowest BCUT2D eigenvalue weighted by Gasteiger charge is -2.11. The number of rotatable bonds is 4. The fourth-order valence-corrected chi connectivity index (χ4v) is 1.61. The molecule has 3 heteroatoms. The maximum Gasteiger partial charge on any atom is 0.334 e. The van der Waals surface area contributed by atoms with Gasteiger partial charge in [-0.15, -0.1) is 0 Å². The molecule has 0 aromatic heterocycles. The lowest BCUT2D eigenvalue weighted by Crippen LogP contribution is -2.29. The van der Waals surface area contributed by atoms with Crippen LogP contribution in [0, 0.1) is 0 Å². The smallest absolute Gasteiger partial charge is 0.334 e. The first-order valence-corrected chi connectivity index (χ1v) is 4.73. The van der Waals surface area contributed by atoms with Crippen molar-refractivity contribution in [1.29, 1.82) is 0 Å². The van der Waals surface area contributed by atoms with Gasteiger partial charge in [-0.2, -0.15) is 0 Å². The fourth-order valence-electron chi connectivity index (χ4n) is 1.61. The molecule has 0 aromatic carbocycles. The number of esters is 1. The maximum atomic E-state index is 11.0. The van der Waals surface area contributed by atoms with E-state index in [1.165, 1.54) is 32.8 Å². The van der Waals surface area contributed by atoms with Gasteiger partial charge in [0.15, 0.2) is 0 Å². The molecule has 0 unspecified atom stereocenters. The highest BCUT2D eigenvalue weighted by Crippen LogP contribution is 2.17. The van der Waals surface area contributed by atoms with E-state index >= 15 is 0 Å². The Labute approximate surface area is 79.2 Å². The number of ether oxygens (including phenoxy) is 1. The Kier molecular flexibility index (Phi) is 3.96. The van der Waals surface area contributed by atoms with Gasteiger partial charge in [0.1, 0.15) is 0 Å². The highest BCUT2D eigenvalue weighted by Gasteiger charge is 2.15. The molecule has 1 aliphatic rings. The van der Waals surface area contributed by atoms with E-state index in [9.17, 15) is 4.79 Å². The fraction of sp³-hybridized carbons (Fsp3) is 0.700. The van der Waals surface area contributed by atoms with Crippen LogP contribution in [-0.2, 0) is 9.53 Å². The van der Waals surface area contributed by atoms with Crippen LogP contribution in [0.2, 0.25) is 0 Å². The Balaban J connectivity index is 2.17. The molecule has 1 rings (SSSR count). The maximum absolute atomic E-state index is 11.0. The van der Waals surface area contributed by atoms with Crippen LogP contribution in [-0.4, -0.2) is 25.7 Å². The second kappa shape index (κ2) is 5.02. The summed E-state index contributed by atoms with van der Waals surface area (Å²) in [5.41, 5.74) is 0.509. The van der Waals surface area contributed by atoms with Gasteiger partial charge in [-0.05, 0) is 12.8 Å². The summed E-state index contributed by atoms with van der Waals surface area (Å²) in [6.45, 7) is 4.20. The summed E-state index contributed by atoms with van der Waals surface area (Å²) >= 11 is 0. The van der Waals surface area contributed by atoms with Crippen LogP contribution < -0.4 is 5.32 Å². The van der Waals surface area contributed by atoms with Gasteiger partial charge in [-0.3, -0.25) is 0 Å². The highest BCUT2D eigenvalue weighted by molar-refractivity contribution is 5.88. The average molecular weight is 183 g/mol. The van der Waals surface area contributed by atoms with Gasteiger partial charge in [-0.25, -0.2) is 4.79 Å². The molecule has 0 saturated heterocycles. The third kappa shape index (κ3) is 3.19. The minimum absolute atomic E-state index is 0.314. The minimum atomic E-state index is -0.314. The zero-order chi connectivity index (χ0) is 9.68. The van der Waals surface area contributed by atoms with Crippen LogP contribution in [0.25, 0.3) is 0 Å². The molecule has 0 heterocycles. The van der Waals surface area contributed by atoms with E-state index in [4.69, 9.17) is 0 Å². The summed E-state index contributed by atoms with van der Waals surface area (Å²) < 4.78 is 4.55. The number of carbonyl (C=O) groups excluding carboxylic acids is 1. The van der Waals surface area contributed by atoms with Gasteiger partial charge in [0.2, 0.25) is 0 Å². The standard InChI is InChI=1S/C10H17NO2/c1-8(10(12)13-2)7-11-9-5-3-4-6-9/h9,11H,1,3-7H2,2H3. The van der Waals surface area contributed by atoms with E-state index in [1.807, 2.05) is 0 Å². The van der Waals surface area contributed by atoms with Crippen molar-refractivity contribution in [2.75, 3.05) is 13.7 Å². The molecule has 1 fully saturated rings. The Bertz CT molecular complexity index is 195. The number of hydrogen-bond donors (Lipinski definition) is 1. The largest absolute Gasteiger partial charge is 0.466 e. The van der Waals surface area contributed by atoms with E-state index < -0.39 is 0 Å². The molecule has 13 heavy (non-hydrogen) atoms. The molecule has 0 amide bonds. The molecule has 0 atom stereocenters. The van der Waals surface area contributed by atoms with Crippen LogP contribution in [0.4, 0.5) is 0 Å². The molecule has 74 valence electrons. The first-order valence-electron chi connectivity index (χ1n) is 4.73. The van der Waals surface area contributed by atoms with Crippen LogP contribution in [0.15, 0.2) is 12.2 Å². The zero-order valence-electron chi connectivity index (χ0n) is 8.14. The SMILES string of the molecule is C=C(CNC1CCCC1)C(=O)OC. The van der Waals surface area contributed by atoms with Gasteiger partial charge in [0.25, 0.3) is 0 Å². The molecule has 0 bridgehead atoms. The van der Waals surface area contributed by atoms with E-state index in [0.29, 0.717) is 18.2 Å². The third-order valence-corrected chi connectivity index (χ3v) is 2.43. The topological polar surface area (TPSA) is 38.3 Å². The number of hydrogen-bond acceptors (Lipinski definition) is 3. The summed E-state index contributed by atoms with van der Waals surface area (Å²) in [5, 5.41) is 3.30. The van der Waals surface area contributed by atoms with Crippen molar-refractivity contribution in [2.24, 2.45) is 0 Å². The minimum Gasteiger partial charge on any atom is -0.466 e. The van der Waals surface area contributed by atoms with E-state index in [-0.39, 0.29) is 5.97 Å². The van der Waals surface area contributed by atoms with Crippen LogP contribution in [0.3, 0.4) is 0 Å². The van der Waals surface area contributed by atoms with Crippen LogP contribution in [0.5, 0.6) is 0 Å². The van der Waals surface area contributed by atoms with Gasteiger partial charge >= 0.3 is 5.97 Å². The van der Waals surface area contributed by atoms with E-state index in [0.717, 1.165) is 0 Å². The average Bonchev–Trinajstić information content (AvgIpc) is 2.65. The third-order valence-electron chi connectivity index (χ3n) is 2.43. The molecular formula is C10H17NO2. The summed E-state index contributed by atoms with van der Waals surface area (Å²) in [6, 6.07) is 0.571. The first-order chi connectivity index (χ1) is 6.24. The second-order valence-electron chi connectivity index (χ2n) is 3.46. The summed E-state index contributed by atoms with van der Waals surface area (Å²) in [7, 11) is 1.38. The van der Waals surface area contributed by atoms with Crippen molar-refractivity contribution in [1.82, 2.24) is 5.32 Å². The molecule has 0 radical (unpaired) electrons. The number of methoxy groups -OCH3 is 1. The first kappa shape index (κ1) is 10.3.